The van der Waals surface area contributed by atoms with Crippen LogP contribution in [0.4, 0.5) is 5.13 Å². The third-order valence-corrected chi connectivity index (χ3v) is 6.01. The summed E-state index contributed by atoms with van der Waals surface area (Å²) in [6, 6.07) is -2.10. The fourth-order valence-electron chi connectivity index (χ4n) is 2.81. The number of aliphatic carboxylic acids is 1. The van der Waals surface area contributed by atoms with E-state index < -0.39 is 35.8 Å². The van der Waals surface area contributed by atoms with Gasteiger partial charge in [0.25, 0.3) is 11.0 Å². The number of carbonyl (C=O) groups is 3. The number of amides is 2. The summed E-state index contributed by atoms with van der Waals surface area (Å²) in [5, 5.41) is 19.9. The van der Waals surface area contributed by atoms with E-state index in [4.69, 9.17) is 5.73 Å². The number of nitrogens with two attached hydrogens (primary N) is 1. The zero-order chi connectivity index (χ0) is 19.7. The molecular formula is C15H16N5NaO5S2. The van der Waals surface area contributed by atoms with Crippen molar-refractivity contribution in [3.05, 3.63) is 23.7 Å². The maximum Gasteiger partial charge on any atom is 1.00 e. The van der Waals surface area contributed by atoms with E-state index in [2.05, 4.69) is 26.9 Å². The molecule has 0 radical (unpaired) electrons. The number of thioether (sulfide) groups is 1. The van der Waals surface area contributed by atoms with Crippen molar-refractivity contribution in [1.82, 2.24) is 10.3 Å². The second kappa shape index (κ2) is 9.18. The number of carbonyl (C=O) groups excluding carboxylic acids is 3. The Balaban J connectivity index is 0.00000210. The van der Waals surface area contributed by atoms with Crippen molar-refractivity contribution in [1.29, 1.82) is 0 Å². The van der Waals surface area contributed by atoms with Crippen molar-refractivity contribution in [3.8, 4) is 0 Å². The monoisotopic (exact) mass is 433 g/mol. The molecule has 10 nitrogen and oxygen atoms in total. The van der Waals surface area contributed by atoms with Gasteiger partial charge in [0.2, 0.25) is 12.1 Å². The van der Waals surface area contributed by atoms with Crippen molar-refractivity contribution in [2.45, 2.75) is 12.1 Å². The number of aromatic nitrogens is 1. The van der Waals surface area contributed by atoms with Crippen LogP contribution in [-0.4, -0.2) is 63.0 Å². The van der Waals surface area contributed by atoms with Gasteiger partial charge in [-0.05, 0) is 0 Å². The number of oxime groups is 1. The van der Waals surface area contributed by atoms with E-state index in [1.165, 1.54) is 30.3 Å². The molecule has 2 amide bonds. The summed E-state index contributed by atoms with van der Waals surface area (Å²) in [4.78, 5) is 45.2. The van der Waals surface area contributed by atoms with Crippen LogP contribution in [0.2, 0.25) is 0 Å². The maximum atomic E-state index is 12.6. The summed E-state index contributed by atoms with van der Waals surface area (Å²) in [7, 11) is 1.27. The van der Waals surface area contributed by atoms with Gasteiger partial charge < -0.3 is 27.2 Å². The van der Waals surface area contributed by atoms with Crippen LogP contribution < -0.4 is 45.7 Å². The molecule has 28 heavy (non-hydrogen) atoms. The van der Waals surface area contributed by atoms with E-state index >= 15 is 0 Å². The number of nitrogens with zero attached hydrogens (tertiary/aromatic N) is 3. The average Bonchev–Trinajstić information content (AvgIpc) is 3.08. The van der Waals surface area contributed by atoms with E-state index in [0.717, 1.165) is 15.9 Å². The van der Waals surface area contributed by atoms with Gasteiger partial charge in [-0.25, -0.2) is 9.78 Å². The van der Waals surface area contributed by atoms with E-state index in [-0.39, 0.29) is 47.5 Å². The zero-order valence-corrected chi connectivity index (χ0v) is 18.7. The molecule has 3 N–H and O–H groups in total. The minimum absolute atomic E-state index is 0. The molecule has 0 saturated carbocycles. The second-order valence-electron chi connectivity index (χ2n) is 5.62. The molecule has 0 fully saturated rings. The largest absolute Gasteiger partial charge is 1.00 e. The number of rotatable bonds is 6. The van der Waals surface area contributed by atoms with Crippen LogP contribution >= 0.6 is 23.1 Å². The van der Waals surface area contributed by atoms with Gasteiger partial charge in [-0.3, -0.25) is 4.79 Å². The standard InChI is InChI=1S/C15H15N5O5S2.Na.H/c1-3-6-4-26-13-9(12(22)20(13)10(6)14(23)24)18-11(21)8(19-25-2)7-5-27-15(16)17-7;;/h3,5-6,9-10H,1,4H2,2H3,(H3-,16,17,18,21,23,24);;/q;+1;-1. The number of anilines is 1. The number of carboxylic acids is 1. The molecular weight excluding hydrogens is 417 g/mol. The number of hydrogen-bond acceptors (Lipinski definition) is 10. The Labute approximate surface area is 191 Å². The molecule has 144 valence electrons. The van der Waals surface area contributed by atoms with Crippen LogP contribution in [0.1, 0.15) is 7.12 Å². The van der Waals surface area contributed by atoms with Crippen LogP contribution in [0.25, 0.3) is 0 Å². The first-order valence-electron chi connectivity index (χ1n) is 7.68. The first kappa shape index (κ1) is 22.6. The molecule has 3 atom stereocenters. The first-order chi connectivity index (χ1) is 12.9. The van der Waals surface area contributed by atoms with Gasteiger partial charge >= 0.3 is 35.5 Å². The molecule has 3 rings (SSSR count). The van der Waals surface area contributed by atoms with Gasteiger partial charge in [0.05, 0.1) is 5.92 Å². The molecule has 1 aromatic heterocycles. The topological polar surface area (TPSA) is 150 Å². The van der Waals surface area contributed by atoms with Gasteiger partial charge in [-0.15, -0.1) is 22.5 Å². The maximum absolute atomic E-state index is 12.6. The molecule has 1 aromatic rings. The van der Waals surface area contributed by atoms with Crippen molar-refractivity contribution >= 4 is 56.8 Å². The van der Waals surface area contributed by atoms with Gasteiger partial charge in [-0.2, -0.15) is 0 Å². The molecule has 0 spiro atoms. The number of thiazole rings is 1. The minimum atomic E-state index is -1.37. The Morgan fingerprint density at radius 1 is 1.61 bits per heavy atom. The van der Waals surface area contributed by atoms with Crippen LogP contribution in [0.3, 0.4) is 0 Å². The summed E-state index contributed by atoms with van der Waals surface area (Å²) in [6.07, 6.45) is 1.49. The van der Waals surface area contributed by atoms with Crippen molar-refractivity contribution in [2.75, 3.05) is 18.6 Å². The van der Waals surface area contributed by atoms with E-state index in [1.807, 2.05) is 0 Å². The molecule has 13 heteroatoms. The summed E-state index contributed by atoms with van der Waals surface area (Å²) < 4.78 is 1.13. The van der Waals surface area contributed by atoms with E-state index in [0.29, 0.717) is 10.8 Å². The summed E-state index contributed by atoms with van der Waals surface area (Å²) in [6.45, 7) is 3.61. The van der Waals surface area contributed by atoms with Crippen LogP contribution in [0.5, 0.6) is 0 Å². The smallest absolute Gasteiger partial charge is 1.00 e. The van der Waals surface area contributed by atoms with Crippen LogP contribution in [0.15, 0.2) is 23.2 Å². The zero-order valence-electron chi connectivity index (χ0n) is 16.1. The SMILES string of the molecule is C=CC1CSC2=[N+](C(=O)C2NC(=O)C(=NOC)c2csc(N)n2)C1C(=O)[O-].[H-].[Na+]. The Morgan fingerprint density at radius 3 is 2.86 bits per heavy atom. The van der Waals surface area contributed by atoms with Gasteiger partial charge in [0.1, 0.15) is 18.8 Å². The summed E-state index contributed by atoms with van der Waals surface area (Å²) >= 11 is 2.41. The predicted molar refractivity (Wildman–Crippen MR) is 98.3 cm³/mol. The molecule has 2 aliphatic heterocycles. The van der Waals surface area contributed by atoms with Crippen LogP contribution in [0, 0.1) is 5.92 Å². The van der Waals surface area contributed by atoms with Gasteiger partial charge in [-0.1, -0.05) is 23.0 Å². The van der Waals surface area contributed by atoms with E-state index in [9.17, 15) is 19.5 Å². The Morgan fingerprint density at radius 2 is 2.32 bits per heavy atom. The fourth-order valence-corrected chi connectivity index (χ4v) is 4.71. The number of carboxylic acid groups (broad SMARTS) is 1. The molecule has 0 aliphatic carbocycles. The van der Waals surface area contributed by atoms with E-state index in [1.54, 1.807) is 0 Å². The molecule has 2 aliphatic rings. The van der Waals surface area contributed by atoms with Crippen molar-refractivity contribution in [3.63, 3.8) is 0 Å². The summed E-state index contributed by atoms with van der Waals surface area (Å²) in [5.74, 6) is -2.62. The molecule has 0 aromatic carbocycles. The van der Waals surface area contributed by atoms with Crippen LogP contribution in [-0.2, 0) is 19.2 Å². The Bertz CT molecular complexity index is 905. The second-order valence-corrected chi connectivity index (χ2v) is 7.55. The average molecular weight is 433 g/mol. The van der Waals surface area contributed by atoms with Gasteiger partial charge in [0, 0.05) is 11.1 Å². The summed E-state index contributed by atoms with van der Waals surface area (Å²) in [5.41, 5.74) is 5.64. The fraction of sp³-hybridized carbons (Fsp3) is 0.333. The molecule has 3 heterocycles. The number of nitrogen functional groups attached to an aromatic ring is 1. The number of nitrogens with one attached hydrogen (secondary N) is 1. The minimum Gasteiger partial charge on any atom is -1.00 e. The first-order valence-corrected chi connectivity index (χ1v) is 9.55. The third kappa shape index (κ3) is 4.01. The third-order valence-electron chi connectivity index (χ3n) is 4.06. The van der Waals surface area contributed by atoms with Crippen molar-refractivity contribution in [2.24, 2.45) is 11.1 Å². The quantitative estimate of drug-likeness (QED) is 0.149. The molecule has 0 bridgehead atoms. The predicted octanol–water partition coefficient (Wildman–Crippen LogP) is -4.70. The van der Waals surface area contributed by atoms with Gasteiger partial charge in [0.15, 0.2) is 10.8 Å². The number of hydrogen-bond donors (Lipinski definition) is 2. The molecule has 0 saturated heterocycles. The molecule has 3 unspecified atom stereocenters. The normalized spacial score (nSPS) is 23.8. The Hall–Kier alpha value is -1.73. The van der Waals surface area contributed by atoms with Crippen molar-refractivity contribution < 1.29 is 59.9 Å². The Kier molecular flexibility index (Phi) is 7.39.